The zero-order valence-corrected chi connectivity index (χ0v) is 7.82. The van der Waals surface area contributed by atoms with Gasteiger partial charge in [0.1, 0.15) is 12.0 Å². The molecule has 0 amide bonds. The molecule has 0 saturated heterocycles. The molecule has 7 heteroatoms. The van der Waals surface area contributed by atoms with Crippen molar-refractivity contribution in [2.45, 2.75) is 6.92 Å². The van der Waals surface area contributed by atoms with Gasteiger partial charge in [0.15, 0.2) is 5.69 Å². The van der Waals surface area contributed by atoms with Gasteiger partial charge >= 0.3 is 5.97 Å². The van der Waals surface area contributed by atoms with Gasteiger partial charge in [-0.25, -0.2) is 19.4 Å². The second-order valence-electron chi connectivity index (χ2n) is 2.84. The summed E-state index contributed by atoms with van der Waals surface area (Å²) in [7, 11) is 0. The third-order valence-electron chi connectivity index (χ3n) is 1.89. The van der Waals surface area contributed by atoms with Crippen molar-refractivity contribution in [3.05, 3.63) is 30.1 Å². The number of aromatic nitrogens is 5. The monoisotopic (exact) mass is 205 g/mol. The molecule has 0 aromatic carbocycles. The molecule has 1 N–H and O–H groups in total. The third-order valence-corrected chi connectivity index (χ3v) is 1.89. The summed E-state index contributed by atoms with van der Waals surface area (Å²) >= 11 is 0. The van der Waals surface area contributed by atoms with Crippen molar-refractivity contribution >= 4 is 5.97 Å². The van der Waals surface area contributed by atoms with Gasteiger partial charge in [-0.05, 0) is 6.92 Å². The SMILES string of the molecule is Cc1c(C(=O)O)nnn1-c1cncnc1. The molecular weight excluding hydrogens is 198 g/mol. The molecule has 0 radical (unpaired) electrons. The lowest BCUT2D eigenvalue weighted by Crippen LogP contribution is -2.03. The number of hydrogen-bond donors (Lipinski definition) is 1. The van der Waals surface area contributed by atoms with Gasteiger partial charge < -0.3 is 5.11 Å². The van der Waals surface area contributed by atoms with Gasteiger partial charge in [0.25, 0.3) is 0 Å². The van der Waals surface area contributed by atoms with E-state index in [-0.39, 0.29) is 5.69 Å². The van der Waals surface area contributed by atoms with Crippen molar-refractivity contribution in [2.75, 3.05) is 0 Å². The van der Waals surface area contributed by atoms with E-state index in [4.69, 9.17) is 5.11 Å². The van der Waals surface area contributed by atoms with E-state index in [0.717, 1.165) is 0 Å². The maximum Gasteiger partial charge on any atom is 0.358 e. The Bertz CT molecular complexity index is 493. The largest absolute Gasteiger partial charge is 0.476 e. The molecule has 0 aliphatic carbocycles. The van der Waals surface area contributed by atoms with E-state index in [9.17, 15) is 4.79 Å². The van der Waals surface area contributed by atoms with Gasteiger partial charge in [-0.3, -0.25) is 0 Å². The fraction of sp³-hybridized carbons (Fsp3) is 0.125. The Hall–Kier alpha value is -2.31. The first-order chi connectivity index (χ1) is 7.20. The maximum absolute atomic E-state index is 10.7. The zero-order valence-electron chi connectivity index (χ0n) is 7.82. The fourth-order valence-electron chi connectivity index (χ4n) is 1.17. The normalized spacial score (nSPS) is 10.2. The third kappa shape index (κ3) is 1.54. The summed E-state index contributed by atoms with van der Waals surface area (Å²) in [5, 5.41) is 16.0. The first kappa shape index (κ1) is 9.25. The summed E-state index contributed by atoms with van der Waals surface area (Å²) in [6.45, 7) is 1.62. The first-order valence-electron chi connectivity index (χ1n) is 4.11. The Morgan fingerprint density at radius 2 is 2.07 bits per heavy atom. The van der Waals surface area contributed by atoms with E-state index in [1.54, 1.807) is 6.92 Å². The Balaban J connectivity index is 2.52. The Morgan fingerprint density at radius 3 is 2.60 bits per heavy atom. The first-order valence-corrected chi connectivity index (χ1v) is 4.11. The summed E-state index contributed by atoms with van der Waals surface area (Å²) < 4.78 is 1.38. The van der Waals surface area contributed by atoms with Crippen LogP contribution in [-0.2, 0) is 0 Å². The van der Waals surface area contributed by atoms with E-state index in [1.165, 1.54) is 23.4 Å². The average molecular weight is 205 g/mol. The number of hydrogen-bond acceptors (Lipinski definition) is 5. The highest BCUT2D eigenvalue weighted by molar-refractivity contribution is 5.86. The van der Waals surface area contributed by atoms with Crippen LogP contribution in [0.25, 0.3) is 5.69 Å². The van der Waals surface area contributed by atoms with E-state index in [1.807, 2.05) is 0 Å². The summed E-state index contributed by atoms with van der Waals surface area (Å²) in [6.07, 6.45) is 4.44. The van der Waals surface area contributed by atoms with Crippen LogP contribution in [-0.4, -0.2) is 36.0 Å². The van der Waals surface area contributed by atoms with Crippen LogP contribution >= 0.6 is 0 Å². The van der Waals surface area contributed by atoms with Crippen LogP contribution in [0.1, 0.15) is 16.2 Å². The van der Waals surface area contributed by atoms with Gasteiger partial charge in [0, 0.05) is 0 Å². The average Bonchev–Trinajstić information content (AvgIpc) is 2.61. The molecule has 2 aromatic heterocycles. The highest BCUT2D eigenvalue weighted by Crippen LogP contribution is 2.09. The summed E-state index contributed by atoms with van der Waals surface area (Å²) in [6, 6.07) is 0. The molecular formula is C8H7N5O2. The quantitative estimate of drug-likeness (QED) is 0.745. The van der Waals surface area contributed by atoms with E-state index < -0.39 is 5.97 Å². The fourth-order valence-corrected chi connectivity index (χ4v) is 1.17. The van der Waals surface area contributed by atoms with Crippen LogP contribution in [0.3, 0.4) is 0 Å². The molecule has 0 atom stereocenters. The lowest BCUT2D eigenvalue weighted by atomic mass is 10.3. The predicted molar refractivity (Wildman–Crippen MR) is 48.6 cm³/mol. The summed E-state index contributed by atoms with van der Waals surface area (Å²) in [5.41, 5.74) is 0.950. The molecule has 2 rings (SSSR count). The van der Waals surface area contributed by atoms with Gasteiger partial charge in [-0.15, -0.1) is 5.10 Å². The maximum atomic E-state index is 10.7. The second kappa shape index (κ2) is 3.45. The molecule has 0 aliphatic rings. The number of carboxylic acid groups (broad SMARTS) is 1. The number of nitrogens with zero attached hydrogens (tertiary/aromatic N) is 5. The number of carboxylic acids is 1. The second-order valence-corrected chi connectivity index (χ2v) is 2.84. The molecule has 0 fully saturated rings. The highest BCUT2D eigenvalue weighted by atomic mass is 16.4. The van der Waals surface area contributed by atoms with Gasteiger partial charge in [-0.2, -0.15) is 0 Å². The molecule has 0 bridgehead atoms. The van der Waals surface area contributed by atoms with Crippen LogP contribution < -0.4 is 0 Å². The Labute approximate surface area is 84.4 Å². The van der Waals surface area contributed by atoms with Crippen LogP contribution in [0.4, 0.5) is 0 Å². The van der Waals surface area contributed by atoms with Crippen LogP contribution in [0.5, 0.6) is 0 Å². The molecule has 15 heavy (non-hydrogen) atoms. The predicted octanol–water partition coefficient (Wildman–Crippen LogP) is 0.0639. The van der Waals surface area contributed by atoms with Crippen LogP contribution in [0.2, 0.25) is 0 Å². The molecule has 76 valence electrons. The lowest BCUT2D eigenvalue weighted by Gasteiger charge is -2.00. The van der Waals surface area contributed by atoms with Crippen LogP contribution in [0.15, 0.2) is 18.7 Å². The van der Waals surface area contributed by atoms with E-state index in [2.05, 4.69) is 20.3 Å². The topological polar surface area (TPSA) is 93.8 Å². The highest BCUT2D eigenvalue weighted by Gasteiger charge is 2.15. The molecule has 0 spiro atoms. The zero-order chi connectivity index (χ0) is 10.8. The van der Waals surface area contributed by atoms with Gasteiger partial charge in [-0.1, -0.05) is 5.21 Å². The smallest absolute Gasteiger partial charge is 0.358 e. The van der Waals surface area contributed by atoms with Gasteiger partial charge in [0.2, 0.25) is 0 Å². The van der Waals surface area contributed by atoms with E-state index in [0.29, 0.717) is 11.4 Å². The molecule has 7 nitrogen and oxygen atoms in total. The molecule has 0 unspecified atom stereocenters. The van der Waals surface area contributed by atoms with Crippen molar-refractivity contribution in [1.82, 2.24) is 25.0 Å². The number of rotatable bonds is 2. The lowest BCUT2D eigenvalue weighted by molar-refractivity contribution is 0.0689. The minimum absolute atomic E-state index is 0.0705. The van der Waals surface area contributed by atoms with Crippen molar-refractivity contribution in [1.29, 1.82) is 0 Å². The summed E-state index contributed by atoms with van der Waals surface area (Å²) in [4.78, 5) is 18.3. The van der Waals surface area contributed by atoms with Crippen molar-refractivity contribution < 1.29 is 9.90 Å². The number of aromatic carboxylic acids is 1. The Morgan fingerprint density at radius 1 is 1.40 bits per heavy atom. The molecule has 0 saturated carbocycles. The van der Waals surface area contributed by atoms with E-state index >= 15 is 0 Å². The number of carbonyl (C=O) groups is 1. The minimum atomic E-state index is -1.10. The van der Waals surface area contributed by atoms with Crippen molar-refractivity contribution in [2.24, 2.45) is 0 Å². The molecule has 2 heterocycles. The molecule has 0 aliphatic heterocycles. The Kier molecular flexibility index (Phi) is 2.13. The van der Waals surface area contributed by atoms with Gasteiger partial charge in [0.05, 0.1) is 18.1 Å². The van der Waals surface area contributed by atoms with Crippen molar-refractivity contribution in [3.63, 3.8) is 0 Å². The standard InChI is InChI=1S/C8H7N5O2/c1-5-7(8(14)15)11-12-13(5)6-2-9-4-10-3-6/h2-4H,1H3,(H,14,15). The van der Waals surface area contributed by atoms with Crippen LogP contribution in [0, 0.1) is 6.92 Å². The minimum Gasteiger partial charge on any atom is -0.476 e. The summed E-state index contributed by atoms with van der Waals surface area (Å²) in [5.74, 6) is -1.10. The molecule has 2 aromatic rings. The van der Waals surface area contributed by atoms with Crippen molar-refractivity contribution in [3.8, 4) is 5.69 Å².